The highest BCUT2D eigenvalue weighted by Crippen LogP contribution is 2.27. The number of carbonyl (C=O) groups is 1. The van der Waals surface area contributed by atoms with Crippen molar-refractivity contribution in [3.05, 3.63) is 0 Å². The van der Waals surface area contributed by atoms with Gasteiger partial charge >= 0.3 is 5.97 Å². The van der Waals surface area contributed by atoms with Crippen LogP contribution in [0, 0.1) is 0 Å². The molecule has 2 heterocycles. The molecule has 0 aromatic rings. The summed E-state index contributed by atoms with van der Waals surface area (Å²) in [7, 11) is -3.43. The van der Waals surface area contributed by atoms with Gasteiger partial charge in [0.25, 0.3) is 10.2 Å². The van der Waals surface area contributed by atoms with Gasteiger partial charge in [0.1, 0.15) is 0 Å². The van der Waals surface area contributed by atoms with Gasteiger partial charge in [-0.2, -0.15) is 17.0 Å². The van der Waals surface area contributed by atoms with Crippen LogP contribution in [0.3, 0.4) is 0 Å². The third-order valence-corrected chi connectivity index (χ3v) is 6.54. The molecule has 2 aliphatic rings. The van der Waals surface area contributed by atoms with E-state index in [0.29, 0.717) is 26.1 Å². The molecule has 0 amide bonds. The normalized spacial score (nSPS) is 26.4. The van der Waals surface area contributed by atoms with Crippen LogP contribution in [0.4, 0.5) is 0 Å². The maximum Gasteiger partial charge on any atom is 0.303 e. The second-order valence-electron chi connectivity index (χ2n) is 6.01. The van der Waals surface area contributed by atoms with E-state index in [-0.39, 0.29) is 12.5 Å². The lowest BCUT2D eigenvalue weighted by molar-refractivity contribution is -0.137. The monoisotopic (exact) mass is 318 g/mol. The van der Waals surface area contributed by atoms with Gasteiger partial charge in [-0.3, -0.25) is 4.79 Å². The second kappa shape index (κ2) is 7.56. The van der Waals surface area contributed by atoms with Gasteiger partial charge in [-0.15, -0.1) is 0 Å². The van der Waals surface area contributed by atoms with Crippen LogP contribution in [0.5, 0.6) is 0 Å². The van der Waals surface area contributed by atoms with Crippen LogP contribution in [0.1, 0.15) is 57.8 Å². The summed E-state index contributed by atoms with van der Waals surface area (Å²) < 4.78 is 28.9. The number of hydrogen-bond acceptors (Lipinski definition) is 3. The molecule has 0 aromatic carbocycles. The van der Waals surface area contributed by atoms with E-state index in [2.05, 4.69) is 0 Å². The standard InChI is InChI=1S/C14H26N2O4S/c17-14(18)9-8-13-7-3-6-12-16(13)21(19,20)15-10-4-1-2-5-11-15/h13H,1-12H2,(H,17,18). The van der Waals surface area contributed by atoms with Crippen molar-refractivity contribution in [1.29, 1.82) is 0 Å². The number of aliphatic carboxylic acids is 1. The maximum absolute atomic E-state index is 12.9. The molecule has 0 aliphatic carbocycles. The Balaban J connectivity index is 2.08. The first-order valence-corrected chi connectivity index (χ1v) is 9.40. The molecule has 0 aromatic heterocycles. The Hall–Kier alpha value is -0.660. The molecular weight excluding hydrogens is 292 g/mol. The zero-order valence-corrected chi connectivity index (χ0v) is 13.4. The lowest BCUT2D eigenvalue weighted by atomic mass is 10.0. The van der Waals surface area contributed by atoms with Gasteiger partial charge in [0.05, 0.1) is 0 Å². The molecular formula is C14H26N2O4S. The fraction of sp³-hybridized carbons (Fsp3) is 0.929. The Kier molecular flexibility index (Phi) is 6.01. The number of rotatable bonds is 5. The quantitative estimate of drug-likeness (QED) is 0.839. The summed E-state index contributed by atoms with van der Waals surface area (Å²) in [5, 5.41) is 8.84. The first-order valence-electron chi connectivity index (χ1n) is 8.00. The molecule has 1 atom stereocenters. The van der Waals surface area contributed by atoms with Crippen molar-refractivity contribution in [3.8, 4) is 0 Å². The predicted octanol–water partition coefficient (Wildman–Crippen LogP) is 1.83. The highest BCUT2D eigenvalue weighted by molar-refractivity contribution is 7.86. The van der Waals surface area contributed by atoms with Gasteiger partial charge in [0.15, 0.2) is 0 Å². The smallest absolute Gasteiger partial charge is 0.303 e. The largest absolute Gasteiger partial charge is 0.481 e. The van der Waals surface area contributed by atoms with E-state index in [4.69, 9.17) is 5.11 Å². The summed E-state index contributed by atoms with van der Waals surface area (Å²) in [6, 6.07) is -0.150. The lowest BCUT2D eigenvalue weighted by Gasteiger charge is -2.37. The molecule has 6 nitrogen and oxygen atoms in total. The van der Waals surface area contributed by atoms with Crippen LogP contribution in [-0.4, -0.2) is 53.8 Å². The molecule has 122 valence electrons. The van der Waals surface area contributed by atoms with Crippen molar-refractivity contribution in [2.45, 2.75) is 63.8 Å². The van der Waals surface area contributed by atoms with Crippen molar-refractivity contribution < 1.29 is 18.3 Å². The molecule has 7 heteroatoms. The Morgan fingerprint density at radius 2 is 1.62 bits per heavy atom. The van der Waals surface area contributed by atoms with E-state index < -0.39 is 16.2 Å². The Bertz CT molecular complexity index is 444. The average molecular weight is 318 g/mol. The van der Waals surface area contributed by atoms with Crippen LogP contribution in [-0.2, 0) is 15.0 Å². The van der Waals surface area contributed by atoms with Crippen LogP contribution in [0.15, 0.2) is 0 Å². The fourth-order valence-electron chi connectivity index (χ4n) is 3.28. The van der Waals surface area contributed by atoms with E-state index in [1.54, 1.807) is 8.61 Å². The number of hydrogen-bond donors (Lipinski definition) is 1. The summed E-state index contributed by atoms with van der Waals surface area (Å²) in [5.74, 6) is -0.854. The molecule has 21 heavy (non-hydrogen) atoms. The van der Waals surface area contributed by atoms with Crippen molar-refractivity contribution in [2.24, 2.45) is 0 Å². The minimum atomic E-state index is -3.43. The molecule has 2 fully saturated rings. The van der Waals surface area contributed by atoms with Crippen molar-refractivity contribution in [3.63, 3.8) is 0 Å². The van der Waals surface area contributed by atoms with Gasteiger partial charge in [-0.05, 0) is 32.1 Å². The third-order valence-electron chi connectivity index (χ3n) is 4.45. The van der Waals surface area contributed by atoms with Crippen molar-refractivity contribution in [2.75, 3.05) is 19.6 Å². The van der Waals surface area contributed by atoms with Crippen LogP contribution in [0.2, 0.25) is 0 Å². The number of carboxylic acids is 1. The molecule has 2 saturated heterocycles. The Labute approximate surface area is 127 Å². The second-order valence-corrected chi connectivity index (χ2v) is 7.89. The zero-order valence-electron chi connectivity index (χ0n) is 12.5. The molecule has 1 unspecified atom stereocenters. The van der Waals surface area contributed by atoms with Crippen LogP contribution >= 0.6 is 0 Å². The van der Waals surface area contributed by atoms with Gasteiger partial charge in [-0.1, -0.05) is 19.3 Å². The summed E-state index contributed by atoms with van der Waals surface area (Å²) in [5.41, 5.74) is 0. The Morgan fingerprint density at radius 3 is 2.24 bits per heavy atom. The summed E-state index contributed by atoms with van der Waals surface area (Å²) in [6.45, 7) is 1.73. The first-order chi connectivity index (χ1) is 10.0. The van der Waals surface area contributed by atoms with Crippen LogP contribution < -0.4 is 0 Å². The average Bonchev–Trinajstić information content (AvgIpc) is 2.75. The molecule has 2 aliphatic heterocycles. The van der Waals surface area contributed by atoms with Crippen molar-refractivity contribution >= 4 is 16.2 Å². The number of piperidine rings is 1. The van der Waals surface area contributed by atoms with E-state index in [0.717, 1.165) is 44.9 Å². The van der Waals surface area contributed by atoms with E-state index in [9.17, 15) is 13.2 Å². The highest BCUT2D eigenvalue weighted by atomic mass is 32.2. The van der Waals surface area contributed by atoms with Gasteiger partial charge in [0, 0.05) is 32.1 Å². The Morgan fingerprint density at radius 1 is 1.00 bits per heavy atom. The molecule has 0 saturated carbocycles. The summed E-state index contributed by atoms with van der Waals surface area (Å²) >= 11 is 0. The molecule has 0 radical (unpaired) electrons. The van der Waals surface area contributed by atoms with E-state index in [1.807, 2.05) is 0 Å². The van der Waals surface area contributed by atoms with E-state index in [1.165, 1.54) is 0 Å². The SMILES string of the molecule is O=C(O)CCC1CCCCN1S(=O)(=O)N1CCCCCC1. The fourth-order valence-corrected chi connectivity index (χ4v) is 5.24. The molecule has 0 spiro atoms. The van der Waals surface area contributed by atoms with Crippen molar-refractivity contribution in [1.82, 2.24) is 8.61 Å². The minimum Gasteiger partial charge on any atom is -0.481 e. The highest BCUT2D eigenvalue weighted by Gasteiger charge is 2.36. The molecule has 1 N–H and O–H groups in total. The third kappa shape index (κ3) is 4.40. The topological polar surface area (TPSA) is 77.9 Å². The van der Waals surface area contributed by atoms with Gasteiger partial charge in [-0.25, -0.2) is 0 Å². The summed E-state index contributed by atoms with van der Waals surface area (Å²) in [4.78, 5) is 10.8. The first kappa shape index (κ1) is 16.7. The molecule has 2 rings (SSSR count). The van der Waals surface area contributed by atoms with E-state index >= 15 is 0 Å². The maximum atomic E-state index is 12.9. The number of carboxylic acid groups (broad SMARTS) is 1. The predicted molar refractivity (Wildman–Crippen MR) is 80.2 cm³/mol. The zero-order chi connectivity index (χ0) is 15.3. The summed E-state index contributed by atoms with van der Waals surface area (Å²) in [6.07, 6.45) is 7.12. The number of nitrogens with zero attached hydrogens (tertiary/aromatic N) is 2. The van der Waals surface area contributed by atoms with Gasteiger partial charge < -0.3 is 5.11 Å². The minimum absolute atomic E-state index is 0.0384. The van der Waals surface area contributed by atoms with Crippen LogP contribution in [0.25, 0.3) is 0 Å². The molecule has 0 bridgehead atoms. The van der Waals surface area contributed by atoms with Gasteiger partial charge in [0.2, 0.25) is 0 Å². The lowest BCUT2D eigenvalue weighted by Crippen LogP contribution is -2.51.